The van der Waals surface area contributed by atoms with Gasteiger partial charge >= 0.3 is 0 Å². The van der Waals surface area contributed by atoms with E-state index in [9.17, 15) is 8.42 Å². The molecule has 0 atom stereocenters. The summed E-state index contributed by atoms with van der Waals surface area (Å²) >= 11 is 0. The lowest BCUT2D eigenvalue weighted by molar-refractivity contribution is 0.600. The maximum absolute atomic E-state index is 12.5. The first kappa shape index (κ1) is 15.5. The van der Waals surface area contributed by atoms with E-state index in [1.54, 1.807) is 31.2 Å². The maximum atomic E-state index is 12.5. The third-order valence-electron chi connectivity index (χ3n) is 3.52. The Labute approximate surface area is 126 Å². The Hall–Kier alpha value is -1.85. The molecule has 2 aromatic carbocycles. The summed E-state index contributed by atoms with van der Waals surface area (Å²) in [6.07, 6.45) is 0.921. The molecule has 2 aromatic rings. The molecule has 0 spiro atoms. The van der Waals surface area contributed by atoms with Gasteiger partial charge in [-0.15, -0.1) is 0 Å². The van der Waals surface area contributed by atoms with Gasteiger partial charge in [-0.1, -0.05) is 31.2 Å². The molecule has 112 valence electrons. The van der Waals surface area contributed by atoms with Crippen molar-refractivity contribution in [3.63, 3.8) is 0 Å². The van der Waals surface area contributed by atoms with Crippen molar-refractivity contribution in [3.05, 3.63) is 59.2 Å². The summed E-state index contributed by atoms with van der Waals surface area (Å²) < 4.78 is 27.6. The summed E-state index contributed by atoms with van der Waals surface area (Å²) in [7, 11) is -3.60. The molecule has 0 unspecified atom stereocenters. The molecule has 4 nitrogen and oxygen atoms in total. The van der Waals surface area contributed by atoms with E-state index >= 15 is 0 Å². The smallest absolute Gasteiger partial charge is 0.262 e. The number of aryl methyl sites for hydroxylation is 1. The lowest BCUT2D eigenvalue weighted by Gasteiger charge is -2.13. The standard InChI is InChI=1S/C16H20N2O2S/c1-3-13-7-9-15(10-8-13)18-21(19,20)16-6-4-5-14(11-17)12(16)2/h4-10,18H,3,11,17H2,1-2H3. The van der Waals surface area contributed by atoms with Crippen molar-refractivity contribution >= 4 is 15.7 Å². The summed E-state index contributed by atoms with van der Waals surface area (Å²) in [4.78, 5) is 0.269. The number of nitrogens with one attached hydrogen (secondary N) is 1. The van der Waals surface area contributed by atoms with Crippen molar-refractivity contribution in [2.75, 3.05) is 4.72 Å². The van der Waals surface area contributed by atoms with Gasteiger partial charge in [-0.3, -0.25) is 4.72 Å². The largest absolute Gasteiger partial charge is 0.326 e. The number of rotatable bonds is 5. The van der Waals surface area contributed by atoms with E-state index in [-0.39, 0.29) is 4.90 Å². The van der Waals surface area contributed by atoms with Crippen molar-refractivity contribution < 1.29 is 8.42 Å². The maximum Gasteiger partial charge on any atom is 0.262 e. The second-order valence-electron chi connectivity index (χ2n) is 4.90. The highest BCUT2D eigenvalue weighted by molar-refractivity contribution is 7.92. The summed E-state index contributed by atoms with van der Waals surface area (Å²) in [5.41, 5.74) is 8.88. The van der Waals surface area contributed by atoms with E-state index < -0.39 is 10.0 Å². The first-order valence-corrected chi connectivity index (χ1v) is 8.36. The summed E-state index contributed by atoms with van der Waals surface area (Å²) in [5.74, 6) is 0. The van der Waals surface area contributed by atoms with Gasteiger partial charge in [0.2, 0.25) is 0 Å². The minimum Gasteiger partial charge on any atom is -0.326 e. The van der Waals surface area contributed by atoms with Gasteiger partial charge in [0.25, 0.3) is 10.0 Å². The van der Waals surface area contributed by atoms with E-state index in [0.29, 0.717) is 17.8 Å². The molecular formula is C16H20N2O2S. The molecule has 0 amide bonds. The van der Waals surface area contributed by atoms with E-state index in [0.717, 1.165) is 12.0 Å². The van der Waals surface area contributed by atoms with Gasteiger partial charge < -0.3 is 5.73 Å². The van der Waals surface area contributed by atoms with Crippen LogP contribution in [0, 0.1) is 6.92 Å². The molecule has 0 fully saturated rings. The van der Waals surface area contributed by atoms with Crippen LogP contribution in [0.4, 0.5) is 5.69 Å². The van der Waals surface area contributed by atoms with Crippen LogP contribution < -0.4 is 10.5 Å². The van der Waals surface area contributed by atoms with Crippen LogP contribution in [0.3, 0.4) is 0 Å². The van der Waals surface area contributed by atoms with Crippen molar-refractivity contribution in [1.82, 2.24) is 0 Å². The Morgan fingerprint density at radius 2 is 1.76 bits per heavy atom. The lowest BCUT2D eigenvalue weighted by Crippen LogP contribution is -2.15. The Bertz CT molecular complexity index is 722. The molecule has 0 saturated carbocycles. The normalized spacial score (nSPS) is 11.4. The third-order valence-corrected chi connectivity index (χ3v) is 5.05. The average molecular weight is 304 g/mol. The van der Waals surface area contributed by atoms with Gasteiger partial charge in [0.05, 0.1) is 4.90 Å². The van der Waals surface area contributed by atoms with Gasteiger partial charge in [-0.25, -0.2) is 8.42 Å². The second-order valence-corrected chi connectivity index (χ2v) is 6.55. The van der Waals surface area contributed by atoms with Crippen LogP contribution in [0.1, 0.15) is 23.6 Å². The molecule has 0 radical (unpaired) electrons. The number of nitrogens with two attached hydrogens (primary N) is 1. The fraction of sp³-hybridized carbons (Fsp3) is 0.250. The number of hydrogen-bond donors (Lipinski definition) is 2. The molecule has 0 heterocycles. The van der Waals surface area contributed by atoms with Crippen LogP contribution in [-0.4, -0.2) is 8.42 Å². The molecule has 0 aromatic heterocycles. The Morgan fingerprint density at radius 3 is 2.33 bits per heavy atom. The van der Waals surface area contributed by atoms with Gasteiger partial charge in [-0.2, -0.15) is 0 Å². The summed E-state index contributed by atoms with van der Waals surface area (Å²) in [6.45, 7) is 4.15. The molecule has 5 heteroatoms. The highest BCUT2D eigenvalue weighted by Crippen LogP contribution is 2.22. The third kappa shape index (κ3) is 3.43. The highest BCUT2D eigenvalue weighted by Gasteiger charge is 2.18. The Morgan fingerprint density at radius 1 is 1.10 bits per heavy atom. The second kappa shape index (κ2) is 6.28. The monoisotopic (exact) mass is 304 g/mol. The first-order chi connectivity index (χ1) is 9.97. The summed E-state index contributed by atoms with van der Waals surface area (Å²) in [5, 5.41) is 0. The van der Waals surface area contributed by atoms with E-state index in [4.69, 9.17) is 5.73 Å². The zero-order valence-corrected chi connectivity index (χ0v) is 13.1. The molecule has 0 bridgehead atoms. The SMILES string of the molecule is CCc1ccc(NS(=O)(=O)c2cccc(CN)c2C)cc1. The fourth-order valence-electron chi connectivity index (χ4n) is 2.19. The van der Waals surface area contributed by atoms with Crippen molar-refractivity contribution in [3.8, 4) is 0 Å². The van der Waals surface area contributed by atoms with Crippen LogP contribution >= 0.6 is 0 Å². The Kier molecular flexibility index (Phi) is 4.65. The zero-order chi connectivity index (χ0) is 15.5. The quantitative estimate of drug-likeness (QED) is 0.892. The minimum absolute atomic E-state index is 0.269. The summed E-state index contributed by atoms with van der Waals surface area (Å²) in [6, 6.07) is 12.5. The topological polar surface area (TPSA) is 72.2 Å². The first-order valence-electron chi connectivity index (χ1n) is 6.88. The van der Waals surface area contributed by atoms with Crippen LogP contribution in [0.25, 0.3) is 0 Å². The number of hydrogen-bond acceptors (Lipinski definition) is 3. The van der Waals surface area contributed by atoms with E-state index in [1.807, 2.05) is 18.2 Å². The molecule has 3 N–H and O–H groups in total. The van der Waals surface area contributed by atoms with Crippen LogP contribution in [-0.2, 0) is 23.0 Å². The molecule has 2 rings (SSSR count). The molecular weight excluding hydrogens is 284 g/mol. The average Bonchev–Trinajstić information content (AvgIpc) is 2.47. The van der Waals surface area contributed by atoms with Crippen LogP contribution in [0.2, 0.25) is 0 Å². The highest BCUT2D eigenvalue weighted by atomic mass is 32.2. The predicted molar refractivity (Wildman–Crippen MR) is 85.7 cm³/mol. The lowest BCUT2D eigenvalue weighted by atomic mass is 10.1. The van der Waals surface area contributed by atoms with E-state index in [2.05, 4.69) is 11.6 Å². The minimum atomic E-state index is -3.60. The van der Waals surface area contributed by atoms with Crippen molar-refractivity contribution in [1.29, 1.82) is 0 Å². The van der Waals surface area contributed by atoms with Gasteiger partial charge in [0, 0.05) is 12.2 Å². The van der Waals surface area contributed by atoms with Crippen molar-refractivity contribution in [2.24, 2.45) is 5.73 Å². The molecule has 0 aliphatic heterocycles. The van der Waals surface area contributed by atoms with Gasteiger partial charge in [0.1, 0.15) is 0 Å². The van der Waals surface area contributed by atoms with Crippen molar-refractivity contribution in [2.45, 2.75) is 31.7 Å². The van der Waals surface area contributed by atoms with Crippen LogP contribution in [0.15, 0.2) is 47.4 Å². The predicted octanol–water partition coefficient (Wildman–Crippen LogP) is 2.82. The number of anilines is 1. The number of sulfonamides is 1. The molecule has 0 aliphatic rings. The fourth-order valence-corrected chi connectivity index (χ4v) is 3.54. The van der Waals surface area contributed by atoms with Gasteiger partial charge in [-0.05, 0) is 48.2 Å². The van der Waals surface area contributed by atoms with Crippen LogP contribution in [0.5, 0.6) is 0 Å². The molecule has 0 aliphatic carbocycles. The van der Waals surface area contributed by atoms with Gasteiger partial charge in [0.15, 0.2) is 0 Å². The zero-order valence-electron chi connectivity index (χ0n) is 12.3. The molecule has 0 saturated heterocycles. The van der Waals surface area contributed by atoms with E-state index in [1.165, 1.54) is 5.56 Å². The molecule has 21 heavy (non-hydrogen) atoms. The Balaban J connectivity index is 2.33. The number of benzene rings is 2.